The molecule has 0 spiro atoms. The Labute approximate surface area is 143 Å². The van der Waals surface area contributed by atoms with Gasteiger partial charge in [-0.2, -0.15) is 0 Å². The minimum Gasteiger partial charge on any atom is -0.493 e. The largest absolute Gasteiger partial charge is 0.493 e. The second kappa shape index (κ2) is 6.37. The van der Waals surface area contributed by atoms with Crippen LogP contribution in [-0.4, -0.2) is 49.7 Å². The highest BCUT2D eigenvalue weighted by molar-refractivity contribution is 5.85. The predicted molar refractivity (Wildman–Crippen MR) is 91.8 cm³/mol. The number of methoxy groups -OCH3 is 2. The molecule has 0 aromatic heterocycles. The van der Waals surface area contributed by atoms with E-state index in [4.69, 9.17) is 14.2 Å². The van der Waals surface area contributed by atoms with Crippen molar-refractivity contribution < 1.29 is 19.0 Å². The van der Waals surface area contributed by atoms with E-state index in [-0.39, 0.29) is 23.5 Å². The van der Waals surface area contributed by atoms with Gasteiger partial charge in [-0.3, -0.25) is 9.69 Å². The molecule has 24 heavy (non-hydrogen) atoms. The van der Waals surface area contributed by atoms with Gasteiger partial charge >= 0.3 is 0 Å². The third-order valence-electron chi connectivity index (χ3n) is 4.76. The lowest BCUT2D eigenvalue weighted by atomic mass is 9.85. The van der Waals surface area contributed by atoms with E-state index < -0.39 is 0 Å². The van der Waals surface area contributed by atoms with E-state index in [2.05, 4.69) is 4.90 Å². The zero-order valence-electron chi connectivity index (χ0n) is 15.2. The number of hydrogen-bond acceptors (Lipinski definition) is 5. The van der Waals surface area contributed by atoms with E-state index in [1.165, 1.54) is 11.1 Å². The van der Waals surface area contributed by atoms with Gasteiger partial charge in [0.25, 0.3) is 0 Å². The quantitative estimate of drug-likeness (QED) is 0.851. The summed E-state index contributed by atoms with van der Waals surface area (Å²) in [6, 6.07) is 4.19. The maximum Gasteiger partial charge on any atom is 0.164 e. The van der Waals surface area contributed by atoms with Crippen molar-refractivity contribution in [3.8, 4) is 11.5 Å². The summed E-state index contributed by atoms with van der Waals surface area (Å²) in [5.74, 6) is 1.66. The first-order valence-electron chi connectivity index (χ1n) is 8.52. The number of carbonyl (C=O) groups is 1. The zero-order valence-corrected chi connectivity index (χ0v) is 15.2. The molecule has 2 unspecified atom stereocenters. The van der Waals surface area contributed by atoms with E-state index in [9.17, 15) is 4.79 Å². The number of rotatable bonds is 3. The van der Waals surface area contributed by atoms with Crippen molar-refractivity contribution in [2.24, 2.45) is 0 Å². The van der Waals surface area contributed by atoms with Crippen molar-refractivity contribution in [1.82, 2.24) is 4.90 Å². The number of Topliss-reactive ketones (excluding diaryl/α,β-unsaturated/α-hetero) is 1. The first kappa shape index (κ1) is 17.2. The number of piperidine rings is 1. The second-order valence-corrected chi connectivity index (χ2v) is 7.56. The fraction of sp³-hybridized carbons (Fsp3) is 0.632. The Morgan fingerprint density at radius 1 is 1.12 bits per heavy atom. The lowest BCUT2D eigenvalue weighted by Crippen LogP contribution is -2.51. The summed E-state index contributed by atoms with van der Waals surface area (Å²) in [6.45, 7) is 7.58. The van der Waals surface area contributed by atoms with Crippen molar-refractivity contribution in [2.45, 2.75) is 51.4 Å². The van der Waals surface area contributed by atoms with E-state index in [0.29, 0.717) is 13.0 Å². The van der Waals surface area contributed by atoms with Crippen LogP contribution in [0.2, 0.25) is 0 Å². The van der Waals surface area contributed by atoms with Crippen LogP contribution in [0.5, 0.6) is 11.5 Å². The number of hydrogen-bond donors (Lipinski definition) is 0. The van der Waals surface area contributed by atoms with Crippen LogP contribution in [0.1, 0.15) is 44.4 Å². The van der Waals surface area contributed by atoms with Crippen molar-refractivity contribution >= 4 is 5.78 Å². The van der Waals surface area contributed by atoms with Crippen molar-refractivity contribution in [3.05, 3.63) is 23.3 Å². The van der Waals surface area contributed by atoms with E-state index >= 15 is 0 Å². The summed E-state index contributed by atoms with van der Waals surface area (Å²) < 4.78 is 16.8. The number of benzene rings is 1. The average Bonchev–Trinajstić information content (AvgIpc) is 2.53. The van der Waals surface area contributed by atoms with Crippen LogP contribution in [0.25, 0.3) is 0 Å². The smallest absolute Gasteiger partial charge is 0.164 e. The molecule has 2 heterocycles. The maximum absolute atomic E-state index is 12.6. The standard InChI is InChI=1S/C19H27NO4/c1-19(2,3)24-18-11-20-7-6-12-8-16(22-4)17(23-5)9-13(12)14(20)10-15(18)21/h8-9,14,18H,6-7,10-11H2,1-5H3. The lowest BCUT2D eigenvalue weighted by molar-refractivity contribution is -0.151. The Bertz CT molecular complexity index is 635. The molecular formula is C19H27NO4. The van der Waals surface area contributed by atoms with Gasteiger partial charge in [-0.15, -0.1) is 0 Å². The van der Waals surface area contributed by atoms with Crippen LogP contribution >= 0.6 is 0 Å². The Hall–Kier alpha value is -1.59. The highest BCUT2D eigenvalue weighted by Crippen LogP contribution is 2.41. The topological polar surface area (TPSA) is 48.0 Å². The number of carbonyl (C=O) groups excluding carboxylic acids is 1. The normalized spacial score (nSPS) is 24.3. The van der Waals surface area contributed by atoms with Gasteiger partial charge in [0.05, 0.1) is 19.8 Å². The van der Waals surface area contributed by atoms with Crippen molar-refractivity contribution in [2.75, 3.05) is 27.3 Å². The van der Waals surface area contributed by atoms with E-state index in [1.807, 2.05) is 32.9 Å². The molecule has 0 N–H and O–H groups in total. The number of fused-ring (bicyclic) bond motifs is 3. The van der Waals surface area contributed by atoms with Crippen LogP contribution in [0.4, 0.5) is 0 Å². The Morgan fingerprint density at radius 3 is 2.42 bits per heavy atom. The van der Waals surface area contributed by atoms with Crippen molar-refractivity contribution in [1.29, 1.82) is 0 Å². The third kappa shape index (κ3) is 3.28. The summed E-state index contributed by atoms with van der Waals surface area (Å²) in [5, 5.41) is 0. The van der Waals surface area contributed by atoms with Gasteiger partial charge < -0.3 is 14.2 Å². The molecule has 132 valence electrons. The summed E-state index contributed by atoms with van der Waals surface area (Å²) in [4.78, 5) is 15.0. The summed E-state index contributed by atoms with van der Waals surface area (Å²) in [7, 11) is 3.29. The van der Waals surface area contributed by atoms with Gasteiger partial charge in [0.15, 0.2) is 17.3 Å². The molecule has 0 radical (unpaired) electrons. The van der Waals surface area contributed by atoms with Gasteiger partial charge in [-0.25, -0.2) is 0 Å². The summed E-state index contributed by atoms with van der Waals surface area (Å²) in [6.07, 6.45) is 1.11. The van der Waals surface area contributed by atoms with E-state index in [0.717, 1.165) is 24.5 Å². The molecule has 0 aliphatic carbocycles. The molecule has 1 saturated heterocycles. The monoisotopic (exact) mass is 333 g/mol. The molecule has 0 bridgehead atoms. The fourth-order valence-corrected chi connectivity index (χ4v) is 3.70. The Kier molecular flexibility index (Phi) is 4.58. The molecule has 0 amide bonds. The van der Waals surface area contributed by atoms with Crippen LogP contribution in [-0.2, 0) is 16.0 Å². The number of ether oxygens (including phenoxy) is 3. The van der Waals surface area contributed by atoms with Gasteiger partial charge in [-0.05, 0) is 50.5 Å². The van der Waals surface area contributed by atoms with Crippen LogP contribution in [0, 0.1) is 0 Å². The first-order chi connectivity index (χ1) is 11.3. The number of nitrogens with zero attached hydrogens (tertiary/aromatic N) is 1. The summed E-state index contributed by atoms with van der Waals surface area (Å²) in [5.41, 5.74) is 2.12. The Balaban J connectivity index is 1.87. The fourth-order valence-electron chi connectivity index (χ4n) is 3.70. The third-order valence-corrected chi connectivity index (χ3v) is 4.76. The SMILES string of the molecule is COc1cc2c(cc1OC)C1CC(=O)C(OC(C)(C)C)CN1CC2. The minimum absolute atomic E-state index is 0.112. The van der Waals surface area contributed by atoms with Crippen LogP contribution < -0.4 is 9.47 Å². The molecule has 5 heteroatoms. The maximum atomic E-state index is 12.6. The van der Waals surface area contributed by atoms with E-state index in [1.54, 1.807) is 14.2 Å². The molecular weight excluding hydrogens is 306 g/mol. The molecule has 3 rings (SSSR count). The first-order valence-corrected chi connectivity index (χ1v) is 8.52. The van der Waals surface area contributed by atoms with Gasteiger partial charge in [0.1, 0.15) is 6.10 Å². The highest BCUT2D eigenvalue weighted by Gasteiger charge is 2.40. The van der Waals surface area contributed by atoms with Gasteiger partial charge in [0.2, 0.25) is 0 Å². The van der Waals surface area contributed by atoms with Crippen LogP contribution in [0.3, 0.4) is 0 Å². The molecule has 0 saturated carbocycles. The van der Waals surface area contributed by atoms with Crippen LogP contribution in [0.15, 0.2) is 12.1 Å². The minimum atomic E-state index is -0.331. The van der Waals surface area contributed by atoms with Gasteiger partial charge in [0, 0.05) is 25.6 Å². The second-order valence-electron chi connectivity index (χ2n) is 7.56. The lowest BCUT2D eigenvalue weighted by Gasteiger charge is -2.44. The number of ketones is 1. The zero-order chi connectivity index (χ0) is 17.5. The molecule has 1 aromatic carbocycles. The van der Waals surface area contributed by atoms with Gasteiger partial charge in [-0.1, -0.05) is 0 Å². The molecule has 1 aromatic rings. The average molecular weight is 333 g/mol. The predicted octanol–water partition coefficient (Wildman–Crippen LogP) is 2.76. The molecule has 1 fully saturated rings. The molecule has 2 atom stereocenters. The molecule has 2 aliphatic rings. The Morgan fingerprint density at radius 2 is 1.79 bits per heavy atom. The highest BCUT2D eigenvalue weighted by atomic mass is 16.5. The molecule has 2 aliphatic heterocycles. The van der Waals surface area contributed by atoms with Crippen molar-refractivity contribution in [3.63, 3.8) is 0 Å². The summed E-state index contributed by atoms with van der Waals surface area (Å²) >= 11 is 0. The molecule has 5 nitrogen and oxygen atoms in total.